The second-order valence-corrected chi connectivity index (χ2v) is 9.18. The van der Waals surface area contributed by atoms with Gasteiger partial charge in [0, 0.05) is 18.0 Å². The van der Waals surface area contributed by atoms with E-state index in [0.717, 1.165) is 16.9 Å². The molecule has 0 fully saturated rings. The van der Waals surface area contributed by atoms with Crippen molar-refractivity contribution in [3.63, 3.8) is 0 Å². The van der Waals surface area contributed by atoms with Gasteiger partial charge >= 0.3 is 4.87 Å². The number of benzene rings is 1. The predicted molar refractivity (Wildman–Crippen MR) is 99.7 cm³/mol. The van der Waals surface area contributed by atoms with Gasteiger partial charge in [0.15, 0.2) is 0 Å². The number of thiazole rings is 1. The van der Waals surface area contributed by atoms with Crippen LogP contribution in [0.5, 0.6) is 0 Å². The van der Waals surface area contributed by atoms with Crippen LogP contribution >= 0.6 is 22.7 Å². The monoisotopic (exact) mass is 382 g/mol. The smallest absolute Gasteiger partial charge is 0.299 e. The number of nitrogens with zero attached hydrogens (tertiary/aromatic N) is 1. The third kappa shape index (κ3) is 3.32. The topological polar surface area (TPSA) is 68.2 Å². The Kier molecular flexibility index (Phi) is 4.91. The molecule has 2 aromatic heterocycles. The van der Waals surface area contributed by atoms with Gasteiger partial charge in [0.2, 0.25) is 10.0 Å². The highest BCUT2D eigenvalue weighted by atomic mass is 32.2. The average molecular weight is 383 g/mol. The molecule has 0 saturated heterocycles. The molecule has 0 atom stereocenters. The van der Waals surface area contributed by atoms with Crippen LogP contribution in [-0.4, -0.2) is 19.5 Å². The first-order valence-electron chi connectivity index (χ1n) is 7.58. The van der Waals surface area contributed by atoms with Gasteiger partial charge in [0.1, 0.15) is 0 Å². The standard InChI is InChI=1S/C16H18N2O3S3/c1-3-18-13-5-4-12(10-15(13)23-16(18)19)24(20,21)17-8-6-14-11(2)7-9-22-14/h4-5,7,9-10,17H,3,6,8H2,1-2H3. The fourth-order valence-electron chi connectivity index (χ4n) is 2.56. The second kappa shape index (κ2) is 6.79. The molecule has 2 heterocycles. The molecule has 0 bridgehead atoms. The van der Waals surface area contributed by atoms with Crippen LogP contribution in [0, 0.1) is 6.92 Å². The van der Waals surface area contributed by atoms with E-state index < -0.39 is 10.0 Å². The minimum Gasteiger partial charge on any atom is -0.299 e. The maximum atomic E-state index is 12.5. The van der Waals surface area contributed by atoms with Crippen LogP contribution in [0.3, 0.4) is 0 Å². The number of hydrogen-bond donors (Lipinski definition) is 1. The Morgan fingerprint density at radius 2 is 2.04 bits per heavy atom. The molecule has 1 N–H and O–H groups in total. The van der Waals surface area contributed by atoms with Crippen molar-refractivity contribution in [1.29, 1.82) is 0 Å². The molecule has 0 amide bonds. The van der Waals surface area contributed by atoms with Crippen LogP contribution in [-0.2, 0) is 23.0 Å². The van der Waals surface area contributed by atoms with E-state index in [1.807, 2.05) is 25.3 Å². The molecule has 128 valence electrons. The predicted octanol–water partition coefficient (Wildman–Crippen LogP) is 2.97. The van der Waals surface area contributed by atoms with Gasteiger partial charge in [-0.05, 0) is 55.5 Å². The number of fused-ring (bicyclic) bond motifs is 1. The molecule has 8 heteroatoms. The van der Waals surface area contributed by atoms with Gasteiger partial charge in [-0.15, -0.1) is 11.3 Å². The van der Waals surface area contributed by atoms with Crippen molar-refractivity contribution in [2.24, 2.45) is 0 Å². The molecule has 0 spiro atoms. The van der Waals surface area contributed by atoms with Crippen LogP contribution in [0.2, 0.25) is 0 Å². The lowest BCUT2D eigenvalue weighted by Gasteiger charge is -2.07. The summed E-state index contributed by atoms with van der Waals surface area (Å²) >= 11 is 2.71. The van der Waals surface area contributed by atoms with Gasteiger partial charge in [-0.1, -0.05) is 11.3 Å². The Labute approximate surface area is 148 Å². The van der Waals surface area contributed by atoms with Gasteiger partial charge in [-0.3, -0.25) is 9.36 Å². The summed E-state index contributed by atoms with van der Waals surface area (Å²) in [4.78, 5) is 13.2. The Hall–Kier alpha value is -1.48. The maximum Gasteiger partial charge on any atom is 0.308 e. The van der Waals surface area contributed by atoms with Crippen LogP contribution in [0.4, 0.5) is 0 Å². The van der Waals surface area contributed by atoms with E-state index in [1.54, 1.807) is 34.1 Å². The fraction of sp³-hybridized carbons (Fsp3) is 0.312. The SMILES string of the molecule is CCn1c(=O)sc2cc(S(=O)(=O)NCCc3sccc3C)ccc21. The number of aromatic nitrogens is 1. The lowest BCUT2D eigenvalue weighted by atomic mass is 10.2. The summed E-state index contributed by atoms with van der Waals surface area (Å²) in [6.07, 6.45) is 0.671. The Morgan fingerprint density at radius 3 is 2.71 bits per heavy atom. The van der Waals surface area contributed by atoms with E-state index in [-0.39, 0.29) is 9.77 Å². The Morgan fingerprint density at radius 1 is 1.25 bits per heavy atom. The quantitative estimate of drug-likeness (QED) is 0.713. The van der Waals surface area contributed by atoms with Crippen molar-refractivity contribution >= 4 is 42.9 Å². The lowest BCUT2D eigenvalue weighted by Crippen LogP contribution is -2.25. The summed E-state index contributed by atoms with van der Waals surface area (Å²) in [5, 5.41) is 2.01. The molecular formula is C16H18N2O3S3. The van der Waals surface area contributed by atoms with Crippen LogP contribution in [0.1, 0.15) is 17.4 Å². The van der Waals surface area contributed by atoms with Gasteiger partial charge in [0.25, 0.3) is 0 Å². The molecule has 3 rings (SSSR count). The first-order chi connectivity index (χ1) is 11.4. The number of thiophene rings is 1. The number of aryl methyl sites for hydroxylation is 2. The largest absolute Gasteiger partial charge is 0.308 e. The average Bonchev–Trinajstić information content (AvgIpc) is 3.08. The lowest BCUT2D eigenvalue weighted by molar-refractivity contribution is 0.582. The van der Waals surface area contributed by atoms with E-state index in [1.165, 1.54) is 10.4 Å². The molecule has 0 aliphatic heterocycles. The molecule has 3 aromatic rings. The summed E-state index contributed by atoms with van der Waals surface area (Å²) in [7, 11) is -3.58. The molecule has 0 aliphatic rings. The zero-order chi connectivity index (χ0) is 17.3. The molecular weight excluding hydrogens is 364 g/mol. The molecule has 5 nitrogen and oxygen atoms in total. The summed E-state index contributed by atoms with van der Waals surface area (Å²) in [6, 6.07) is 6.86. The van der Waals surface area contributed by atoms with Gasteiger partial charge in [-0.2, -0.15) is 0 Å². The van der Waals surface area contributed by atoms with Crippen molar-refractivity contribution < 1.29 is 8.42 Å². The van der Waals surface area contributed by atoms with Crippen molar-refractivity contribution in [2.45, 2.75) is 31.7 Å². The highest BCUT2D eigenvalue weighted by Crippen LogP contribution is 2.22. The van der Waals surface area contributed by atoms with E-state index in [9.17, 15) is 13.2 Å². The van der Waals surface area contributed by atoms with Gasteiger partial charge in [-0.25, -0.2) is 13.1 Å². The van der Waals surface area contributed by atoms with E-state index >= 15 is 0 Å². The van der Waals surface area contributed by atoms with Crippen molar-refractivity contribution in [3.05, 3.63) is 49.8 Å². The maximum absolute atomic E-state index is 12.5. The number of rotatable bonds is 6. The third-order valence-electron chi connectivity index (χ3n) is 3.88. The highest BCUT2D eigenvalue weighted by Gasteiger charge is 2.16. The molecule has 0 radical (unpaired) electrons. The van der Waals surface area contributed by atoms with Crippen molar-refractivity contribution in [3.8, 4) is 0 Å². The zero-order valence-corrected chi connectivity index (χ0v) is 15.9. The normalized spacial score (nSPS) is 12.1. The van der Waals surface area contributed by atoms with Gasteiger partial charge in [0.05, 0.1) is 15.1 Å². The first kappa shape index (κ1) is 17.3. The number of hydrogen-bond acceptors (Lipinski definition) is 5. The van der Waals surface area contributed by atoms with Crippen molar-refractivity contribution in [2.75, 3.05) is 6.54 Å². The fourth-order valence-corrected chi connectivity index (χ4v) is 5.59. The number of nitrogens with one attached hydrogen (secondary N) is 1. The molecule has 0 saturated carbocycles. The summed E-state index contributed by atoms with van der Waals surface area (Å²) in [6.45, 7) is 4.85. The highest BCUT2D eigenvalue weighted by molar-refractivity contribution is 7.89. The third-order valence-corrected chi connectivity index (χ3v) is 7.36. The van der Waals surface area contributed by atoms with Crippen LogP contribution < -0.4 is 9.60 Å². The van der Waals surface area contributed by atoms with Gasteiger partial charge < -0.3 is 0 Å². The molecule has 1 aromatic carbocycles. The number of sulfonamides is 1. The minimum absolute atomic E-state index is 0.0665. The van der Waals surface area contributed by atoms with Crippen LogP contribution in [0.25, 0.3) is 10.2 Å². The Bertz CT molecular complexity index is 1030. The first-order valence-corrected chi connectivity index (χ1v) is 10.8. The Balaban J connectivity index is 1.80. The van der Waals surface area contributed by atoms with Crippen molar-refractivity contribution in [1.82, 2.24) is 9.29 Å². The summed E-state index contributed by atoms with van der Waals surface area (Å²) in [5.74, 6) is 0. The zero-order valence-electron chi connectivity index (χ0n) is 13.4. The van der Waals surface area contributed by atoms with Crippen LogP contribution in [0.15, 0.2) is 39.3 Å². The molecule has 0 unspecified atom stereocenters. The van der Waals surface area contributed by atoms with E-state index in [0.29, 0.717) is 24.2 Å². The van der Waals surface area contributed by atoms with E-state index in [2.05, 4.69) is 4.72 Å². The summed E-state index contributed by atoms with van der Waals surface area (Å²) in [5.41, 5.74) is 1.96. The molecule has 24 heavy (non-hydrogen) atoms. The molecule has 0 aliphatic carbocycles. The second-order valence-electron chi connectivity index (χ2n) is 5.42. The minimum atomic E-state index is -3.58. The summed E-state index contributed by atoms with van der Waals surface area (Å²) < 4.78 is 29.9. The van der Waals surface area contributed by atoms with E-state index in [4.69, 9.17) is 0 Å².